The zero-order valence-electron chi connectivity index (χ0n) is 18.6. The van der Waals surface area contributed by atoms with Crippen molar-refractivity contribution in [2.45, 2.75) is 30.5 Å². The molecule has 9 heteroatoms. The summed E-state index contributed by atoms with van der Waals surface area (Å²) in [4.78, 5) is 27.2. The predicted molar refractivity (Wildman–Crippen MR) is 121 cm³/mol. The maximum Gasteiger partial charge on any atom is 0.278 e. The number of nitrogens with zero attached hydrogens (tertiary/aromatic N) is 3. The molecular formula is C26H21F2N3O4. The Hall–Kier alpha value is -3.72. The third kappa shape index (κ3) is 2.56. The minimum atomic E-state index is -0.897. The summed E-state index contributed by atoms with van der Waals surface area (Å²) in [5, 5.41) is 12.5. The second kappa shape index (κ2) is 6.91. The second-order valence-electron chi connectivity index (χ2n) is 9.55. The summed E-state index contributed by atoms with van der Waals surface area (Å²) in [6, 6.07) is 11.0. The van der Waals surface area contributed by atoms with E-state index in [1.807, 2.05) is 29.3 Å². The molecule has 7 rings (SSSR count). The van der Waals surface area contributed by atoms with Gasteiger partial charge in [0.2, 0.25) is 5.43 Å². The number of halogens is 2. The number of ether oxygens (including phenoxy) is 1. The van der Waals surface area contributed by atoms with Crippen LogP contribution in [-0.2, 0) is 10.2 Å². The minimum absolute atomic E-state index is 0.149. The number of aromatic nitrogens is 1. The lowest BCUT2D eigenvalue weighted by Crippen LogP contribution is -2.66. The van der Waals surface area contributed by atoms with E-state index in [-0.39, 0.29) is 18.8 Å². The first-order chi connectivity index (χ1) is 16.9. The van der Waals surface area contributed by atoms with Gasteiger partial charge in [0.15, 0.2) is 23.1 Å². The van der Waals surface area contributed by atoms with E-state index in [0.717, 1.165) is 17.2 Å². The first-order valence-electron chi connectivity index (χ1n) is 11.6. The standard InChI is InChI=1S/C26H21F2N3O4/c27-17-6-5-15-20(21(17)28)26(8-9-26)16-4-2-1-3-14(16)22(15)31-19-13-35-12-11-29(19)25(34)23-24(33)18(32)7-10-30(23)31/h1-7,10,19,22,33H,8-9,11-13H2/t19-,22-/m1/s1. The number of fused-ring (bicyclic) bond motifs is 6. The number of aromatic hydroxyl groups is 1. The third-order valence-corrected chi connectivity index (χ3v) is 7.86. The molecule has 3 aromatic rings. The maximum atomic E-state index is 15.5. The van der Waals surface area contributed by atoms with E-state index < -0.39 is 46.3 Å². The molecule has 4 aliphatic rings. The van der Waals surface area contributed by atoms with Crippen LogP contribution in [0.5, 0.6) is 5.75 Å². The molecule has 1 amide bonds. The molecule has 1 N–H and O–H groups in total. The number of carbonyl (C=O) groups excluding carboxylic acids is 1. The third-order valence-electron chi connectivity index (χ3n) is 7.86. The van der Waals surface area contributed by atoms with Gasteiger partial charge < -0.3 is 14.7 Å². The minimum Gasteiger partial charge on any atom is -0.502 e. The van der Waals surface area contributed by atoms with Crippen molar-refractivity contribution in [3.8, 4) is 5.75 Å². The van der Waals surface area contributed by atoms with Crippen LogP contribution in [0.4, 0.5) is 8.78 Å². The van der Waals surface area contributed by atoms with E-state index in [1.165, 1.54) is 16.9 Å². The highest BCUT2D eigenvalue weighted by atomic mass is 19.2. The highest BCUT2D eigenvalue weighted by Gasteiger charge is 2.56. The van der Waals surface area contributed by atoms with Gasteiger partial charge in [0.05, 0.1) is 19.3 Å². The smallest absolute Gasteiger partial charge is 0.278 e. The molecule has 0 unspecified atom stereocenters. The zero-order chi connectivity index (χ0) is 24.1. The molecule has 3 heterocycles. The summed E-state index contributed by atoms with van der Waals surface area (Å²) in [6.45, 7) is 0.765. The lowest BCUT2D eigenvalue weighted by Gasteiger charge is -2.52. The fourth-order valence-electron chi connectivity index (χ4n) is 6.21. The van der Waals surface area contributed by atoms with Crippen LogP contribution in [0, 0.1) is 11.6 Å². The Morgan fingerprint density at radius 1 is 1.03 bits per heavy atom. The number of morpholine rings is 1. The second-order valence-corrected chi connectivity index (χ2v) is 9.55. The van der Waals surface area contributed by atoms with Crippen LogP contribution in [0.15, 0.2) is 53.5 Å². The van der Waals surface area contributed by atoms with Crippen molar-refractivity contribution in [3.05, 3.63) is 98.5 Å². The van der Waals surface area contributed by atoms with E-state index in [2.05, 4.69) is 0 Å². The van der Waals surface area contributed by atoms with Crippen molar-refractivity contribution >= 4 is 5.91 Å². The van der Waals surface area contributed by atoms with Crippen molar-refractivity contribution in [3.63, 3.8) is 0 Å². The van der Waals surface area contributed by atoms with Crippen LogP contribution in [-0.4, -0.2) is 46.5 Å². The van der Waals surface area contributed by atoms with Crippen LogP contribution in [0.2, 0.25) is 0 Å². The molecule has 1 aromatic heterocycles. The van der Waals surface area contributed by atoms with E-state index in [4.69, 9.17) is 4.74 Å². The molecule has 1 spiro atoms. The SMILES string of the molecule is O=C1c2c(O)c(=O)ccn2N([C@@H]2c3ccccc3C3(CC3)c3c2ccc(F)c3F)[C@@H]2COCCN12. The summed E-state index contributed by atoms with van der Waals surface area (Å²) in [5.74, 6) is -2.86. The van der Waals surface area contributed by atoms with Gasteiger partial charge in [-0.1, -0.05) is 30.3 Å². The van der Waals surface area contributed by atoms with Gasteiger partial charge in [-0.05, 0) is 35.6 Å². The molecule has 35 heavy (non-hydrogen) atoms. The van der Waals surface area contributed by atoms with Gasteiger partial charge in [-0.3, -0.25) is 19.3 Å². The summed E-state index contributed by atoms with van der Waals surface area (Å²) >= 11 is 0. The predicted octanol–water partition coefficient (Wildman–Crippen LogP) is 2.77. The fourth-order valence-corrected chi connectivity index (χ4v) is 6.21. The first kappa shape index (κ1) is 20.6. The van der Waals surface area contributed by atoms with Gasteiger partial charge in [0, 0.05) is 29.8 Å². The van der Waals surface area contributed by atoms with Gasteiger partial charge in [-0.25, -0.2) is 8.78 Å². The molecular weight excluding hydrogens is 456 g/mol. The molecule has 2 aliphatic carbocycles. The van der Waals surface area contributed by atoms with Gasteiger partial charge >= 0.3 is 0 Å². The number of amides is 1. The highest BCUT2D eigenvalue weighted by Crippen LogP contribution is 2.61. The number of rotatable bonds is 1. The molecule has 1 saturated carbocycles. The summed E-state index contributed by atoms with van der Waals surface area (Å²) in [7, 11) is 0. The Bertz CT molecular complexity index is 1480. The van der Waals surface area contributed by atoms with E-state index in [1.54, 1.807) is 11.0 Å². The van der Waals surface area contributed by atoms with Crippen LogP contribution in [0.3, 0.4) is 0 Å². The quantitative estimate of drug-likeness (QED) is 0.584. The number of hydrogen-bond donors (Lipinski definition) is 1. The number of pyridine rings is 1. The van der Waals surface area contributed by atoms with Gasteiger partial charge in [-0.15, -0.1) is 0 Å². The normalized spacial score (nSPS) is 23.4. The molecule has 1 saturated heterocycles. The number of hydrogen-bond acceptors (Lipinski definition) is 5. The van der Waals surface area contributed by atoms with E-state index >= 15 is 4.39 Å². The lowest BCUT2D eigenvalue weighted by atomic mass is 9.72. The number of benzene rings is 2. The maximum absolute atomic E-state index is 15.5. The van der Waals surface area contributed by atoms with Crippen molar-refractivity contribution in [2.24, 2.45) is 0 Å². The molecule has 7 nitrogen and oxygen atoms in total. The summed E-state index contributed by atoms with van der Waals surface area (Å²) in [5.41, 5.74) is 1.38. The van der Waals surface area contributed by atoms with Crippen molar-refractivity contribution in [2.75, 3.05) is 24.8 Å². The first-order valence-corrected chi connectivity index (χ1v) is 11.6. The molecule has 178 valence electrons. The van der Waals surface area contributed by atoms with E-state index in [0.29, 0.717) is 30.6 Å². The number of carbonyl (C=O) groups is 1. The van der Waals surface area contributed by atoms with Crippen LogP contribution in [0.25, 0.3) is 0 Å². The van der Waals surface area contributed by atoms with Crippen molar-refractivity contribution < 1.29 is 23.4 Å². The molecule has 2 atom stereocenters. The Morgan fingerprint density at radius 2 is 1.83 bits per heavy atom. The van der Waals surface area contributed by atoms with E-state index in [9.17, 15) is 19.1 Å². The zero-order valence-corrected chi connectivity index (χ0v) is 18.6. The van der Waals surface area contributed by atoms with Crippen molar-refractivity contribution in [1.82, 2.24) is 9.58 Å². The van der Waals surface area contributed by atoms with Crippen LogP contribution in [0.1, 0.15) is 51.6 Å². The molecule has 0 bridgehead atoms. The average molecular weight is 477 g/mol. The lowest BCUT2D eigenvalue weighted by molar-refractivity contribution is -0.0198. The Morgan fingerprint density at radius 3 is 2.63 bits per heavy atom. The van der Waals surface area contributed by atoms with Crippen molar-refractivity contribution in [1.29, 1.82) is 0 Å². The Kier molecular flexibility index (Phi) is 4.08. The van der Waals surface area contributed by atoms with Gasteiger partial charge in [0.1, 0.15) is 6.17 Å². The largest absolute Gasteiger partial charge is 0.502 e. The molecule has 2 fully saturated rings. The van der Waals surface area contributed by atoms with Crippen LogP contribution < -0.4 is 10.4 Å². The highest BCUT2D eigenvalue weighted by molar-refractivity contribution is 5.96. The fraction of sp³-hybridized carbons (Fsp3) is 0.308. The van der Waals surface area contributed by atoms with Crippen LogP contribution >= 0.6 is 0 Å². The topological polar surface area (TPSA) is 75.0 Å². The Labute approximate surface area is 198 Å². The molecule has 2 aromatic carbocycles. The monoisotopic (exact) mass is 477 g/mol. The van der Waals surface area contributed by atoms with Gasteiger partial charge in [-0.2, -0.15) is 0 Å². The molecule has 0 radical (unpaired) electrons. The Balaban J connectivity index is 1.55. The van der Waals surface area contributed by atoms with Gasteiger partial charge in [0.25, 0.3) is 5.91 Å². The summed E-state index contributed by atoms with van der Waals surface area (Å²) < 4.78 is 37.3. The average Bonchev–Trinajstić information content (AvgIpc) is 3.66. The molecule has 2 aliphatic heterocycles. The summed E-state index contributed by atoms with van der Waals surface area (Å²) in [6.07, 6.45) is 2.29.